The molecule has 0 aliphatic heterocycles. The summed E-state index contributed by atoms with van der Waals surface area (Å²) in [5, 5.41) is 9.73. The summed E-state index contributed by atoms with van der Waals surface area (Å²) < 4.78 is 0. The van der Waals surface area contributed by atoms with Crippen molar-refractivity contribution in [1.82, 2.24) is 0 Å². The second-order valence-corrected chi connectivity index (χ2v) is 4.35. The van der Waals surface area contributed by atoms with Crippen LogP contribution in [0.3, 0.4) is 0 Å². The van der Waals surface area contributed by atoms with Gasteiger partial charge < -0.3 is 5.11 Å². The molecule has 0 saturated carbocycles. The second kappa shape index (κ2) is 4.61. The van der Waals surface area contributed by atoms with Crippen LogP contribution in [0.2, 0.25) is 0 Å². The van der Waals surface area contributed by atoms with Gasteiger partial charge in [0.2, 0.25) is 0 Å². The lowest BCUT2D eigenvalue weighted by molar-refractivity contribution is 0.0493. The SMILES string of the molecule is CCC(C)(Cc1ccccc1)C(C)O. The highest BCUT2D eigenvalue weighted by Gasteiger charge is 2.27. The Balaban J connectivity index is 2.76. The molecule has 0 spiro atoms. The van der Waals surface area contributed by atoms with Crippen LogP contribution in [0.15, 0.2) is 30.3 Å². The van der Waals surface area contributed by atoms with Gasteiger partial charge >= 0.3 is 0 Å². The van der Waals surface area contributed by atoms with Gasteiger partial charge in [0.25, 0.3) is 0 Å². The minimum Gasteiger partial charge on any atom is -0.393 e. The lowest BCUT2D eigenvalue weighted by Crippen LogP contribution is -2.31. The van der Waals surface area contributed by atoms with Crippen molar-refractivity contribution < 1.29 is 5.11 Å². The minimum absolute atomic E-state index is 0.00134. The highest BCUT2D eigenvalue weighted by molar-refractivity contribution is 5.16. The van der Waals surface area contributed by atoms with E-state index >= 15 is 0 Å². The molecule has 1 heteroatoms. The lowest BCUT2D eigenvalue weighted by Gasteiger charge is -2.31. The molecular weight excluding hydrogens is 172 g/mol. The van der Waals surface area contributed by atoms with E-state index in [0.29, 0.717) is 0 Å². The molecule has 0 aromatic heterocycles. The van der Waals surface area contributed by atoms with E-state index in [4.69, 9.17) is 0 Å². The quantitative estimate of drug-likeness (QED) is 0.777. The summed E-state index contributed by atoms with van der Waals surface area (Å²) in [4.78, 5) is 0. The van der Waals surface area contributed by atoms with E-state index in [1.807, 2.05) is 25.1 Å². The molecule has 2 unspecified atom stereocenters. The number of hydrogen-bond donors (Lipinski definition) is 1. The average molecular weight is 192 g/mol. The van der Waals surface area contributed by atoms with Gasteiger partial charge in [0.1, 0.15) is 0 Å². The highest BCUT2D eigenvalue weighted by Crippen LogP contribution is 2.30. The molecule has 2 atom stereocenters. The molecule has 14 heavy (non-hydrogen) atoms. The normalized spacial score (nSPS) is 17.4. The number of aliphatic hydroxyl groups excluding tert-OH is 1. The van der Waals surface area contributed by atoms with Gasteiger partial charge in [0.05, 0.1) is 6.10 Å². The Kier molecular flexibility index (Phi) is 3.70. The Labute approximate surface area is 86.8 Å². The van der Waals surface area contributed by atoms with E-state index in [0.717, 1.165) is 12.8 Å². The van der Waals surface area contributed by atoms with Gasteiger partial charge in [-0.25, -0.2) is 0 Å². The van der Waals surface area contributed by atoms with E-state index in [-0.39, 0.29) is 11.5 Å². The zero-order chi connectivity index (χ0) is 10.6. The Morgan fingerprint density at radius 3 is 2.29 bits per heavy atom. The Morgan fingerprint density at radius 2 is 1.86 bits per heavy atom. The molecule has 0 heterocycles. The molecule has 0 bridgehead atoms. The number of rotatable bonds is 4. The van der Waals surface area contributed by atoms with Gasteiger partial charge in [0.15, 0.2) is 0 Å². The van der Waals surface area contributed by atoms with Crippen LogP contribution in [0.5, 0.6) is 0 Å². The Bertz CT molecular complexity index is 266. The van der Waals surface area contributed by atoms with Crippen LogP contribution >= 0.6 is 0 Å². The first-order valence-electron chi connectivity index (χ1n) is 5.30. The summed E-state index contributed by atoms with van der Waals surface area (Å²) in [6, 6.07) is 10.4. The summed E-state index contributed by atoms with van der Waals surface area (Å²) >= 11 is 0. The second-order valence-electron chi connectivity index (χ2n) is 4.35. The predicted molar refractivity (Wildman–Crippen MR) is 60.2 cm³/mol. The van der Waals surface area contributed by atoms with E-state index < -0.39 is 0 Å². The molecule has 0 saturated heterocycles. The summed E-state index contributed by atoms with van der Waals surface area (Å²) in [6.07, 6.45) is 1.69. The van der Waals surface area contributed by atoms with Gasteiger partial charge in [-0.05, 0) is 30.7 Å². The fraction of sp³-hybridized carbons (Fsp3) is 0.538. The van der Waals surface area contributed by atoms with Crippen molar-refractivity contribution in [2.75, 3.05) is 0 Å². The van der Waals surface area contributed by atoms with Crippen LogP contribution in [0, 0.1) is 5.41 Å². The smallest absolute Gasteiger partial charge is 0.0568 e. The van der Waals surface area contributed by atoms with Crippen LogP contribution in [0.4, 0.5) is 0 Å². The fourth-order valence-electron chi connectivity index (χ4n) is 1.63. The van der Waals surface area contributed by atoms with E-state index in [1.54, 1.807) is 0 Å². The van der Waals surface area contributed by atoms with Gasteiger partial charge in [0, 0.05) is 0 Å². The van der Waals surface area contributed by atoms with Crippen molar-refractivity contribution in [3.05, 3.63) is 35.9 Å². The fourth-order valence-corrected chi connectivity index (χ4v) is 1.63. The molecule has 0 aliphatic rings. The van der Waals surface area contributed by atoms with Gasteiger partial charge in [-0.2, -0.15) is 0 Å². The van der Waals surface area contributed by atoms with Crippen LogP contribution in [-0.4, -0.2) is 11.2 Å². The van der Waals surface area contributed by atoms with Crippen LogP contribution in [0.1, 0.15) is 32.8 Å². The molecule has 1 aromatic rings. The van der Waals surface area contributed by atoms with Crippen molar-refractivity contribution in [1.29, 1.82) is 0 Å². The zero-order valence-electron chi connectivity index (χ0n) is 9.33. The maximum Gasteiger partial charge on any atom is 0.0568 e. The summed E-state index contributed by atoms with van der Waals surface area (Å²) in [5.74, 6) is 0. The Hall–Kier alpha value is -0.820. The van der Waals surface area contributed by atoms with Crippen molar-refractivity contribution in [2.24, 2.45) is 5.41 Å². The first-order valence-corrected chi connectivity index (χ1v) is 5.30. The molecule has 78 valence electrons. The van der Waals surface area contributed by atoms with E-state index in [9.17, 15) is 5.11 Å². The molecular formula is C13H20O. The van der Waals surface area contributed by atoms with Crippen LogP contribution in [0.25, 0.3) is 0 Å². The van der Waals surface area contributed by atoms with Crippen LogP contribution < -0.4 is 0 Å². The zero-order valence-corrected chi connectivity index (χ0v) is 9.33. The summed E-state index contributed by atoms with van der Waals surface area (Å²) in [7, 11) is 0. The Morgan fingerprint density at radius 1 is 1.29 bits per heavy atom. The van der Waals surface area contributed by atoms with Crippen molar-refractivity contribution in [3.8, 4) is 0 Å². The third-order valence-electron chi connectivity index (χ3n) is 3.27. The summed E-state index contributed by atoms with van der Waals surface area (Å²) in [6.45, 7) is 6.16. The third-order valence-corrected chi connectivity index (χ3v) is 3.27. The minimum atomic E-state index is -0.257. The molecule has 0 aliphatic carbocycles. The van der Waals surface area contributed by atoms with Crippen molar-refractivity contribution in [3.63, 3.8) is 0 Å². The molecule has 0 fully saturated rings. The molecule has 1 nitrogen and oxygen atoms in total. The average Bonchev–Trinajstić information content (AvgIpc) is 2.19. The standard InChI is InChI=1S/C13H20O/c1-4-13(3,11(2)14)10-12-8-6-5-7-9-12/h5-9,11,14H,4,10H2,1-3H3. The topological polar surface area (TPSA) is 20.2 Å². The molecule has 0 radical (unpaired) electrons. The van der Waals surface area contributed by atoms with E-state index in [2.05, 4.69) is 26.0 Å². The largest absolute Gasteiger partial charge is 0.393 e. The molecule has 1 N–H and O–H groups in total. The van der Waals surface area contributed by atoms with Gasteiger partial charge in [-0.3, -0.25) is 0 Å². The number of benzene rings is 1. The van der Waals surface area contributed by atoms with Crippen molar-refractivity contribution >= 4 is 0 Å². The number of hydrogen-bond acceptors (Lipinski definition) is 1. The predicted octanol–water partition coefficient (Wildman–Crippen LogP) is 3.03. The van der Waals surface area contributed by atoms with Gasteiger partial charge in [-0.1, -0.05) is 44.2 Å². The first-order chi connectivity index (χ1) is 6.58. The highest BCUT2D eigenvalue weighted by atomic mass is 16.3. The molecule has 1 rings (SSSR count). The third kappa shape index (κ3) is 2.58. The van der Waals surface area contributed by atoms with Crippen molar-refractivity contribution in [2.45, 2.75) is 39.7 Å². The van der Waals surface area contributed by atoms with Crippen LogP contribution in [-0.2, 0) is 6.42 Å². The number of aliphatic hydroxyl groups is 1. The van der Waals surface area contributed by atoms with Gasteiger partial charge in [-0.15, -0.1) is 0 Å². The lowest BCUT2D eigenvalue weighted by atomic mass is 9.77. The molecule has 0 amide bonds. The maximum absolute atomic E-state index is 9.73. The first kappa shape index (κ1) is 11.3. The maximum atomic E-state index is 9.73. The van der Waals surface area contributed by atoms with E-state index in [1.165, 1.54) is 5.56 Å². The monoisotopic (exact) mass is 192 g/mol. The molecule has 1 aromatic carbocycles. The summed E-state index contributed by atoms with van der Waals surface area (Å²) in [5.41, 5.74) is 1.30.